The number of phosphoric acid groups is 1. The Labute approximate surface area is 592 Å². The Balaban J connectivity index is 1.72. The number of hydrogen-bond donors (Lipinski definition) is 11. The van der Waals surface area contributed by atoms with Crippen molar-refractivity contribution in [3.05, 3.63) is 12.2 Å². The Morgan fingerprint density at radius 1 is 0.384 bits per heavy atom. The van der Waals surface area contributed by atoms with E-state index in [1.807, 2.05) is 0 Å². The molecule has 3 fully saturated rings. The van der Waals surface area contributed by atoms with Gasteiger partial charge in [-0.3, -0.25) is 23.4 Å². The first kappa shape index (κ1) is 90.9. The summed E-state index contributed by atoms with van der Waals surface area (Å²) in [6.07, 6.45) is 15.5. The summed E-state index contributed by atoms with van der Waals surface area (Å²) in [6.45, 7) is 3.46. The molecule has 0 spiro atoms. The van der Waals surface area contributed by atoms with Crippen molar-refractivity contribution in [2.45, 2.75) is 414 Å². The fraction of sp³-hybridized carbons (Fsp3) is 0.932. The molecule has 99 heavy (non-hydrogen) atoms. The summed E-state index contributed by atoms with van der Waals surface area (Å²) in [5, 5.41) is 110. The number of unbranched alkanes of at least 4 members (excludes halogenated alkanes) is 38. The fourth-order valence-electron chi connectivity index (χ4n) is 12.9. The molecule has 0 aromatic rings. The van der Waals surface area contributed by atoms with Gasteiger partial charge in [0.2, 0.25) is 0 Å². The van der Waals surface area contributed by atoms with Crippen LogP contribution in [0.25, 0.3) is 0 Å². The topological polar surface area (TPSA) is 374 Å². The molecule has 3 rings (SSSR count). The minimum absolute atomic E-state index is 0.0320. The maximum absolute atomic E-state index is 14.3. The van der Waals surface area contributed by atoms with Gasteiger partial charge in [0.1, 0.15) is 98.7 Å². The van der Waals surface area contributed by atoms with Gasteiger partial charge in [-0.1, -0.05) is 258 Å². The average Bonchev–Trinajstić information content (AvgIpc) is 0.760. The van der Waals surface area contributed by atoms with Crippen molar-refractivity contribution in [3.63, 3.8) is 0 Å². The molecule has 18 atom stereocenters. The van der Waals surface area contributed by atoms with Crippen molar-refractivity contribution >= 4 is 25.7 Å². The van der Waals surface area contributed by atoms with Crippen LogP contribution in [-0.2, 0) is 61.2 Å². The highest BCUT2D eigenvalue weighted by molar-refractivity contribution is 7.47. The lowest BCUT2D eigenvalue weighted by atomic mass is 9.84. The fourth-order valence-corrected chi connectivity index (χ4v) is 13.9. The van der Waals surface area contributed by atoms with E-state index in [0.29, 0.717) is 25.7 Å². The summed E-state index contributed by atoms with van der Waals surface area (Å²) in [4.78, 5) is 51.0. The Bertz CT molecular complexity index is 2090. The minimum Gasteiger partial charge on any atom is -0.463 e. The molecule has 0 radical (unpaired) electrons. The van der Waals surface area contributed by atoms with Crippen molar-refractivity contribution in [2.75, 3.05) is 26.4 Å². The number of aliphatic hydroxyl groups excluding tert-OH is 10. The normalized spacial score (nSPS) is 27.5. The van der Waals surface area contributed by atoms with Gasteiger partial charge < -0.3 is 89.1 Å². The van der Waals surface area contributed by atoms with Gasteiger partial charge in [-0.05, 0) is 44.9 Å². The third kappa shape index (κ3) is 39.0. The van der Waals surface area contributed by atoms with Crippen LogP contribution < -0.4 is 0 Å². The first-order valence-electron chi connectivity index (χ1n) is 39.0. The number of allylic oxidation sites excluding steroid dienone is 2. The lowest BCUT2D eigenvalue weighted by Crippen LogP contribution is -2.69. The molecule has 24 nitrogen and oxygen atoms in total. The maximum atomic E-state index is 14.3. The van der Waals surface area contributed by atoms with E-state index in [0.717, 1.165) is 83.5 Å². The zero-order valence-corrected chi connectivity index (χ0v) is 61.7. The first-order valence-corrected chi connectivity index (χ1v) is 40.5. The molecule has 0 aromatic carbocycles. The molecule has 2 saturated heterocycles. The molecule has 2 aliphatic heterocycles. The SMILES string of the molecule is CCCCCCCCC/C=C\CCCCCC(=O)OC(COC(=O)CCCCCCCCCCCCCCCCCC)COP(=O)(O)OC1C(OC2OC(CO)C(O)C(O)C2O)C(O)C(O)C(O)C1OC1OC(COC(=O)CCCCCCCCCCCCCCCC)C(O)C(O)C1O. The van der Waals surface area contributed by atoms with E-state index in [1.54, 1.807) is 0 Å². The lowest BCUT2D eigenvalue weighted by Gasteiger charge is -2.49. The van der Waals surface area contributed by atoms with Crippen LogP contribution in [0, 0.1) is 0 Å². The van der Waals surface area contributed by atoms with Gasteiger partial charge in [0.15, 0.2) is 18.7 Å². The molecule has 11 N–H and O–H groups in total. The third-order valence-corrected chi connectivity index (χ3v) is 20.3. The second-order valence-corrected chi connectivity index (χ2v) is 29.5. The number of carbonyl (C=O) groups is 3. The predicted octanol–water partition coefficient (Wildman–Crippen LogP) is 11.1. The Hall–Kier alpha value is -2.30. The monoisotopic (exact) mass is 1440 g/mol. The molecule has 582 valence electrons. The summed E-state index contributed by atoms with van der Waals surface area (Å²) >= 11 is 0. The van der Waals surface area contributed by atoms with Gasteiger partial charge in [-0.25, -0.2) is 4.57 Å². The number of rotatable bonds is 61. The highest BCUT2D eigenvalue weighted by Crippen LogP contribution is 2.49. The highest BCUT2D eigenvalue weighted by atomic mass is 31.2. The van der Waals surface area contributed by atoms with Crippen LogP contribution in [0.1, 0.15) is 310 Å². The van der Waals surface area contributed by atoms with Gasteiger partial charge in [-0.2, -0.15) is 0 Å². The second kappa shape index (κ2) is 56.1. The zero-order chi connectivity index (χ0) is 72.5. The smallest absolute Gasteiger partial charge is 0.463 e. The molecule has 1 saturated carbocycles. The second-order valence-electron chi connectivity index (χ2n) is 28.1. The van der Waals surface area contributed by atoms with E-state index in [1.165, 1.54) is 161 Å². The van der Waals surface area contributed by atoms with E-state index in [4.69, 9.17) is 42.2 Å². The molecular formula is C74H137O24P. The van der Waals surface area contributed by atoms with E-state index in [-0.39, 0.29) is 19.3 Å². The van der Waals surface area contributed by atoms with E-state index in [2.05, 4.69) is 32.9 Å². The van der Waals surface area contributed by atoms with E-state index >= 15 is 0 Å². The average molecular weight is 1440 g/mol. The first-order chi connectivity index (χ1) is 47.8. The van der Waals surface area contributed by atoms with Gasteiger partial charge in [0, 0.05) is 19.3 Å². The predicted molar refractivity (Wildman–Crippen MR) is 375 cm³/mol. The zero-order valence-electron chi connectivity index (χ0n) is 60.8. The molecule has 1 aliphatic carbocycles. The van der Waals surface area contributed by atoms with Crippen LogP contribution >= 0.6 is 7.82 Å². The summed E-state index contributed by atoms with van der Waals surface area (Å²) in [6, 6.07) is 0. The summed E-state index contributed by atoms with van der Waals surface area (Å²) in [5.41, 5.74) is 0. The summed E-state index contributed by atoms with van der Waals surface area (Å²) in [7, 11) is -5.70. The number of ether oxygens (including phenoxy) is 7. The van der Waals surface area contributed by atoms with Gasteiger partial charge in [0.05, 0.1) is 13.2 Å². The number of aliphatic hydroxyl groups is 10. The quantitative estimate of drug-likeness (QED) is 0.00886. The van der Waals surface area contributed by atoms with Crippen molar-refractivity contribution in [2.24, 2.45) is 0 Å². The molecule has 25 heteroatoms. The van der Waals surface area contributed by atoms with E-state index in [9.17, 15) is 74.9 Å². The Morgan fingerprint density at radius 2 is 0.707 bits per heavy atom. The van der Waals surface area contributed by atoms with Crippen LogP contribution in [0.3, 0.4) is 0 Å². The number of phosphoric ester groups is 1. The molecule has 0 aromatic heterocycles. The van der Waals surface area contributed by atoms with E-state index < -0.39 is 156 Å². The largest absolute Gasteiger partial charge is 0.472 e. The minimum atomic E-state index is -5.70. The van der Waals surface area contributed by atoms with Gasteiger partial charge in [-0.15, -0.1) is 0 Å². The third-order valence-electron chi connectivity index (χ3n) is 19.3. The molecule has 3 aliphatic rings. The molecule has 2 heterocycles. The van der Waals surface area contributed by atoms with Crippen LogP contribution in [0.15, 0.2) is 12.2 Å². The van der Waals surface area contributed by atoms with Crippen molar-refractivity contribution in [3.8, 4) is 0 Å². The van der Waals surface area contributed by atoms with Crippen molar-refractivity contribution in [1.82, 2.24) is 0 Å². The molecular weight excluding hydrogens is 1300 g/mol. The summed E-state index contributed by atoms with van der Waals surface area (Å²) < 4.78 is 65.1. The molecule has 18 unspecified atom stereocenters. The van der Waals surface area contributed by atoms with Crippen LogP contribution in [0.5, 0.6) is 0 Å². The Morgan fingerprint density at radius 3 is 1.10 bits per heavy atom. The lowest BCUT2D eigenvalue weighted by molar-refractivity contribution is -0.360. The standard InChI is InChI=1S/C74H137O24P/c1-4-7-10-13-16-19-22-25-28-29-32-34-36-39-42-45-48-58(76)90-52-55(93-60(78)50-47-44-41-38-35-31-27-24-21-18-15-12-9-6-3)53-92-99(88,89)98-72-70(96-73-68(86)63(81)61(79)56(51-75)94-73)66(84)65(83)67(85)71(72)97-74-69(87)64(82)62(80)57(95-74)54-91-59(77)49-46-43-40-37-33-30-26-23-20-17-14-11-8-5-2/h31,35,55-57,61-75,79-87H,4-30,32-34,36-54H2,1-3H3,(H,88,89)/b35-31-. The molecule has 0 amide bonds. The van der Waals surface area contributed by atoms with Gasteiger partial charge in [0.25, 0.3) is 0 Å². The van der Waals surface area contributed by atoms with Gasteiger partial charge >= 0.3 is 25.7 Å². The Kier molecular flexibility index (Phi) is 51.5. The number of hydrogen-bond acceptors (Lipinski definition) is 23. The van der Waals surface area contributed by atoms with Crippen LogP contribution in [0.2, 0.25) is 0 Å². The number of esters is 3. The van der Waals surface area contributed by atoms with Crippen molar-refractivity contribution < 1.29 is 117 Å². The highest BCUT2D eigenvalue weighted by Gasteiger charge is 2.58. The van der Waals surface area contributed by atoms with Crippen LogP contribution in [0.4, 0.5) is 0 Å². The number of carbonyl (C=O) groups excluding carboxylic acids is 3. The maximum Gasteiger partial charge on any atom is 0.472 e. The van der Waals surface area contributed by atoms with Crippen molar-refractivity contribution in [1.29, 1.82) is 0 Å². The summed E-state index contributed by atoms with van der Waals surface area (Å²) in [5.74, 6) is -2.00. The van der Waals surface area contributed by atoms with Crippen LogP contribution in [-0.4, -0.2) is 204 Å². The molecule has 0 bridgehead atoms.